The molecule has 2 heterocycles. The molecule has 11 nitrogen and oxygen atoms in total. The van der Waals surface area contributed by atoms with Gasteiger partial charge in [0.2, 0.25) is 0 Å². The Hall–Kier alpha value is -4.70. The minimum atomic E-state index is -5.08. The van der Waals surface area contributed by atoms with Crippen molar-refractivity contribution >= 4 is 29.1 Å². The molecule has 0 radical (unpaired) electrons. The number of ether oxygens (including phenoxy) is 3. The SMILES string of the molecule is CC(O)OCCCNc1cc(CNc2ccccc2C(=O)Nc2ccc3c(c2)OC(F)(F)O3)ccn1.O=C(O)C(F)(F)F. The van der Waals surface area contributed by atoms with E-state index in [1.54, 1.807) is 37.4 Å². The molecule has 1 aliphatic rings. The smallest absolute Gasteiger partial charge is 0.475 e. The average Bonchev–Trinajstić information content (AvgIpc) is 3.25. The third-order valence-corrected chi connectivity index (χ3v) is 5.37. The zero-order valence-corrected chi connectivity index (χ0v) is 22.5. The first kappa shape index (κ1) is 32.8. The van der Waals surface area contributed by atoms with Gasteiger partial charge in [0.05, 0.1) is 12.2 Å². The molecule has 0 spiro atoms. The van der Waals surface area contributed by atoms with Gasteiger partial charge in [-0.05, 0) is 55.3 Å². The standard InChI is InChI=1S/C25H26F2N4O5.C2HF3O2/c1-16(32)34-12-4-10-28-23-13-17(9-11-29-23)15-30-20-6-3-2-5-19(20)24(33)31-18-7-8-21-22(14-18)36-25(26,27)35-21;3-2(4,5)1(6)7/h2-3,5-9,11,13-14,16,30,32H,4,10,12,15H2,1H3,(H,28,29)(H,31,33);(H,6,7). The summed E-state index contributed by atoms with van der Waals surface area (Å²) in [6.07, 6.45) is -7.19. The van der Waals surface area contributed by atoms with E-state index in [1.165, 1.54) is 18.2 Å². The Bertz CT molecular complexity index is 1410. The molecule has 0 saturated heterocycles. The second-order valence-electron chi connectivity index (χ2n) is 8.78. The van der Waals surface area contributed by atoms with Gasteiger partial charge < -0.3 is 40.4 Å². The Morgan fingerprint density at radius 1 is 1.05 bits per heavy atom. The molecule has 1 aliphatic heterocycles. The third kappa shape index (κ3) is 10.6. The van der Waals surface area contributed by atoms with Crippen molar-refractivity contribution in [2.45, 2.75) is 38.7 Å². The lowest BCUT2D eigenvalue weighted by molar-refractivity contribution is -0.286. The number of aliphatic hydroxyl groups excluding tert-OH is 1. The molecule has 1 unspecified atom stereocenters. The van der Waals surface area contributed by atoms with Crippen molar-refractivity contribution in [3.63, 3.8) is 0 Å². The van der Waals surface area contributed by atoms with E-state index < -0.39 is 30.6 Å². The molecule has 0 fully saturated rings. The molecule has 4 rings (SSSR count). The van der Waals surface area contributed by atoms with Crippen LogP contribution >= 0.6 is 0 Å². The van der Waals surface area contributed by atoms with E-state index in [0.717, 1.165) is 5.56 Å². The number of carbonyl (C=O) groups excluding carboxylic acids is 1. The van der Waals surface area contributed by atoms with Crippen molar-refractivity contribution in [3.8, 4) is 11.5 Å². The van der Waals surface area contributed by atoms with E-state index in [0.29, 0.717) is 48.9 Å². The number of hydrogen-bond donors (Lipinski definition) is 5. The maximum absolute atomic E-state index is 13.3. The Kier molecular flexibility index (Phi) is 11.0. The topological polar surface area (TPSA) is 151 Å². The number of amides is 1. The third-order valence-electron chi connectivity index (χ3n) is 5.37. The lowest BCUT2D eigenvalue weighted by Gasteiger charge is -2.13. The predicted molar refractivity (Wildman–Crippen MR) is 143 cm³/mol. The van der Waals surface area contributed by atoms with E-state index in [-0.39, 0.29) is 11.5 Å². The number of alkyl halides is 5. The van der Waals surface area contributed by atoms with Crippen LogP contribution in [0.1, 0.15) is 29.3 Å². The van der Waals surface area contributed by atoms with E-state index in [1.807, 2.05) is 12.1 Å². The van der Waals surface area contributed by atoms with Gasteiger partial charge in [0, 0.05) is 36.7 Å². The van der Waals surface area contributed by atoms with E-state index in [9.17, 15) is 26.7 Å². The van der Waals surface area contributed by atoms with Crippen molar-refractivity contribution in [2.75, 3.05) is 29.1 Å². The Balaban J connectivity index is 0.000000646. The van der Waals surface area contributed by atoms with Crippen LogP contribution in [0.5, 0.6) is 11.5 Å². The van der Waals surface area contributed by atoms with Crippen LogP contribution < -0.4 is 25.4 Å². The van der Waals surface area contributed by atoms with Crippen LogP contribution in [0.2, 0.25) is 0 Å². The van der Waals surface area contributed by atoms with Crippen LogP contribution in [0.15, 0.2) is 60.8 Å². The maximum Gasteiger partial charge on any atom is 0.586 e. The number of rotatable bonds is 11. The van der Waals surface area contributed by atoms with Gasteiger partial charge in [0.1, 0.15) is 5.82 Å². The van der Waals surface area contributed by atoms with Gasteiger partial charge in [-0.25, -0.2) is 9.78 Å². The zero-order chi connectivity index (χ0) is 31.6. The van der Waals surface area contributed by atoms with Crippen molar-refractivity contribution in [1.29, 1.82) is 0 Å². The highest BCUT2D eigenvalue weighted by atomic mass is 19.4. The minimum absolute atomic E-state index is 0.0978. The van der Waals surface area contributed by atoms with Gasteiger partial charge in [0.15, 0.2) is 17.8 Å². The highest BCUT2D eigenvalue weighted by Crippen LogP contribution is 2.42. The summed E-state index contributed by atoms with van der Waals surface area (Å²) >= 11 is 0. The molecule has 16 heteroatoms. The molecule has 0 aliphatic carbocycles. The summed E-state index contributed by atoms with van der Waals surface area (Å²) in [5.41, 5.74) is 2.22. The molecule has 0 saturated carbocycles. The summed E-state index contributed by atoms with van der Waals surface area (Å²) in [7, 11) is 0. The number of para-hydroxylation sites is 1. The molecule has 1 aromatic heterocycles. The number of fused-ring (bicyclic) bond motifs is 1. The van der Waals surface area contributed by atoms with Gasteiger partial charge >= 0.3 is 18.4 Å². The molecular weight excluding hydrogens is 587 g/mol. The second-order valence-corrected chi connectivity index (χ2v) is 8.78. The second kappa shape index (κ2) is 14.5. The van der Waals surface area contributed by atoms with Crippen LogP contribution in [-0.4, -0.2) is 59.0 Å². The highest BCUT2D eigenvalue weighted by molar-refractivity contribution is 6.08. The number of nitrogens with one attached hydrogen (secondary N) is 3. The number of aliphatic carboxylic acids is 1. The fourth-order valence-corrected chi connectivity index (χ4v) is 3.48. The molecular formula is C27H27F5N4O7. The average molecular weight is 615 g/mol. The molecule has 1 atom stereocenters. The number of benzene rings is 2. The van der Waals surface area contributed by atoms with Crippen LogP contribution in [0.4, 0.5) is 39.1 Å². The first-order valence-corrected chi connectivity index (χ1v) is 12.6. The van der Waals surface area contributed by atoms with Crippen molar-refractivity contribution in [3.05, 3.63) is 71.9 Å². The quantitative estimate of drug-likeness (QED) is 0.113. The Labute approximate surface area is 241 Å². The number of aromatic nitrogens is 1. The lowest BCUT2D eigenvalue weighted by atomic mass is 10.1. The Morgan fingerprint density at radius 3 is 2.44 bits per heavy atom. The summed E-state index contributed by atoms with van der Waals surface area (Å²) in [4.78, 5) is 26.1. The number of carbonyl (C=O) groups is 2. The largest absolute Gasteiger partial charge is 0.586 e. The van der Waals surface area contributed by atoms with Gasteiger partial charge in [0.25, 0.3) is 5.91 Å². The fraction of sp³-hybridized carbons (Fsp3) is 0.296. The van der Waals surface area contributed by atoms with Gasteiger partial charge in [-0.1, -0.05) is 12.1 Å². The van der Waals surface area contributed by atoms with Crippen LogP contribution in [0, 0.1) is 0 Å². The fourth-order valence-electron chi connectivity index (χ4n) is 3.48. The molecule has 0 bridgehead atoms. The summed E-state index contributed by atoms with van der Waals surface area (Å²) in [6.45, 7) is 3.07. The molecule has 43 heavy (non-hydrogen) atoms. The van der Waals surface area contributed by atoms with Gasteiger partial charge in [-0.2, -0.15) is 13.2 Å². The number of hydrogen-bond acceptors (Lipinski definition) is 9. The van der Waals surface area contributed by atoms with Crippen LogP contribution in [-0.2, 0) is 16.1 Å². The minimum Gasteiger partial charge on any atom is -0.475 e. The number of pyridine rings is 1. The number of nitrogens with zero attached hydrogens (tertiary/aromatic N) is 1. The van der Waals surface area contributed by atoms with Crippen molar-refractivity contribution in [1.82, 2.24) is 4.98 Å². The van der Waals surface area contributed by atoms with Crippen LogP contribution in [0.25, 0.3) is 0 Å². The molecule has 3 aromatic rings. The van der Waals surface area contributed by atoms with Crippen LogP contribution in [0.3, 0.4) is 0 Å². The number of anilines is 3. The molecule has 5 N–H and O–H groups in total. The van der Waals surface area contributed by atoms with Gasteiger partial charge in [-0.15, -0.1) is 8.78 Å². The number of carboxylic acids is 1. The highest BCUT2D eigenvalue weighted by Gasteiger charge is 2.43. The Morgan fingerprint density at radius 2 is 1.74 bits per heavy atom. The number of carboxylic acid groups (broad SMARTS) is 1. The first-order valence-electron chi connectivity index (χ1n) is 12.6. The maximum atomic E-state index is 13.3. The number of aliphatic hydroxyl groups is 1. The summed E-state index contributed by atoms with van der Waals surface area (Å²) in [6, 6.07) is 14.8. The van der Waals surface area contributed by atoms with E-state index in [2.05, 4.69) is 30.4 Å². The number of halogens is 5. The monoisotopic (exact) mass is 614 g/mol. The molecule has 1 amide bonds. The zero-order valence-electron chi connectivity index (χ0n) is 22.5. The summed E-state index contributed by atoms with van der Waals surface area (Å²) < 4.78 is 72.2. The van der Waals surface area contributed by atoms with E-state index in [4.69, 9.17) is 19.7 Å². The lowest BCUT2D eigenvalue weighted by Crippen LogP contribution is -2.25. The van der Waals surface area contributed by atoms with Crippen molar-refractivity contribution < 1.29 is 56.0 Å². The molecule has 232 valence electrons. The van der Waals surface area contributed by atoms with Crippen molar-refractivity contribution in [2.24, 2.45) is 0 Å². The van der Waals surface area contributed by atoms with Gasteiger partial charge in [-0.3, -0.25) is 4.79 Å². The predicted octanol–water partition coefficient (Wildman–Crippen LogP) is 5.06. The molecule has 2 aromatic carbocycles. The summed E-state index contributed by atoms with van der Waals surface area (Å²) in [5.74, 6) is -2.72. The summed E-state index contributed by atoms with van der Waals surface area (Å²) in [5, 5.41) is 25.4. The van der Waals surface area contributed by atoms with E-state index >= 15 is 0 Å². The normalized spacial score (nSPS) is 13.7. The first-order chi connectivity index (χ1) is 20.2.